The standard InChI is InChI=1S/C25H27N5O2/c1-3-19-8-6-7-15-29(19)22(31)16-30-21-10-5-4-9-20(21)23(27-30)25-26-24(28-32-25)18-13-11-17(2)12-14-18/h4-5,9-14,19H,3,6-8,15-16H2,1-2H3/t19-/m1/s1. The Morgan fingerprint density at radius 3 is 2.75 bits per heavy atom. The number of nitrogens with zero attached hydrogens (tertiary/aromatic N) is 5. The number of aryl methyl sites for hydroxylation is 1. The van der Waals surface area contributed by atoms with E-state index >= 15 is 0 Å². The molecule has 2 aromatic carbocycles. The molecule has 7 nitrogen and oxygen atoms in total. The highest BCUT2D eigenvalue weighted by atomic mass is 16.5. The highest BCUT2D eigenvalue weighted by molar-refractivity contribution is 5.92. The number of para-hydroxylation sites is 1. The van der Waals surface area contributed by atoms with Crippen molar-refractivity contribution in [1.82, 2.24) is 24.8 Å². The fraction of sp³-hybridized carbons (Fsp3) is 0.360. The Balaban J connectivity index is 1.47. The lowest BCUT2D eigenvalue weighted by atomic mass is 10.00. The number of likely N-dealkylation sites (tertiary alicyclic amines) is 1. The Morgan fingerprint density at radius 1 is 1.12 bits per heavy atom. The topological polar surface area (TPSA) is 77.1 Å². The molecule has 7 heteroatoms. The zero-order chi connectivity index (χ0) is 22.1. The van der Waals surface area contributed by atoms with E-state index in [1.807, 2.05) is 60.4 Å². The zero-order valence-electron chi connectivity index (χ0n) is 18.5. The van der Waals surface area contributed by atoms with Crippen LogP contribution >= 0.6 is 0 Å². The van der Waals surface area contributed by atoms with Gasteiger partial charge in [-0.25, -0.2) is 0 Å². The van der Waals surface area contributed by atoms with Crippen molar-refractivity contribution in [1.29, 1.82) is 0 Å². The summed E-state index contributed by atoms with van der Waals surface area (Å²) in [5.41, 5.74) is 3.55. The molecule has 1 aliphatic rings. The first-order valence-electron chi connectivity index (χ1n) is 11.3. The van der Waals surface area contributed by atoms with E-state index in [9.17, 15) is 4.79 Å². The van der Waals surface area contributed by atoms with Gasteiger partial charge in [0.25, 0.3) is 5.89 Å². The lowest BCUT2D eigenvalue weighted by Gasteiger charge is -2.35. The van der Waals surface area contributed by atoms with Gasteiger partial charge in [0, 0.05) is 23.5 Å². The third kappa shape index (κ3) is 3.79. The molecule has 0 radical (unpaired) electrons. The molecule has 164 valence electrons. The van der Waals surface area contributed by atoms with Crippen molar-refractivity contribution in [3.8, 4) is 23.0 Å². The van der Waals surface area contributed by atoms with Crippen LogP contribution in [0, 0.1) is 6.92 Å². The van der Waals surface area contributed by atoms with Crippen LogP contribution < -0.4 is 0 Å². The first-order chi connectivity index (χ1) is 15.6. The summed E-state index contributed by atoms with van der Waals surface area (Å²) >= 11 is 0. The van der Waals surface area contributed by atoms with Gasteiger partial charge in [0.2, 0.25) is 11.7 Å². The Morgan fingerprint density at radius 2 is 1.94 bits per heavy atom. The van der Waals surface area contributed by atoms with Gasteiger partial charge in [-0.2, -0.15) is 10.1 Å². The van der Waals surface area contributed by atoms with Crippen molar-refractivity contribution in [2.75, 3.05) is 6.54 Å². The fourth-order valence-corrected chi connectivity index (χ4v) is 4.52. The largest absolute Gasteiger partial charge is 0.338 e. The number of piperidine rings is 1. The van der Waals surface area contributed by atoms with Crippen LogP contribution in [0.1, 0.15) is 38.2 Å². The number of hydrogen-bond acceptors (Lipinski definition) is 5. The molecule has 0 saturated carbocycles. The molecule has 0 spiro atoms. The molecular formula is C25H27N5O2. The lowest BCUT2D eigenvalue weighted by Crippen LogP contribution is -2.44. The number of carbonyl (C=O) groups excluding carboxylic acids is 1. The van der Waals surface area contributed by atoms with E-state index in [1.54, 1.807) is 4.68 Å². The number of hydrogen-bond donors (Lipinski definition) is 0. The highest BCUT2D eigenvalue weighted by Gasteiger charge is 2.27. The minimum atomic E-state index is 0.113. The molecule has 0 aliphatic carbocycles. The Kier molecular flexibility index (Phi) is 5.47. The van der Waals surface area contributed by atoms with Crippen molar-refractivity contribution < 1.29 is 9.32 Å². The van der Waals surface area contributed by atoms with Crippen molar-refractivity contribution in [2.24, 2.45) is 0 Å². The van der Waals surface area contributed by atoms with Gasteiger partial charge in [-0.3, -0.25) is 9.48 Å². The first kappa shape index (κ1) is 20.4. The Bertz CT molecular complexity index is 1240. The van der Waals surface area contributed by atoms with Gasteiger partial charge >= 0.3 is 0 Å². The molecule has 5 rings (SSSR count). The van der Waals surface area contributed by atoms with Gasteiger partial charge in [0.15, 0.2) is 5.69 Å². The van der Waals surface area contributed by atoms with Crippen LogP contribution in [0.5, 0.6) is 0 Å². The monoisotopic (exact) mass is 429 g/mol. The molecule has 32 heavy (non-hydrogen) atoms. The SMILES string of the molecule is CC[C@@H]1CCCCN1C(=O)Cn1nc(-c2nc(-c3ccc(C)cc3)no2)c2ccccc21. The summed E-state index contributed by atoms with van der Waals surface area (Å²) in [4.78, 5) is 19.8. The number of benzene rings is 2. The molecule has 1 aliphatic heterocycles. The molecule has 4 aromatic rings. The highest BCUT2D eigenvalue weighted by Crippen LogP contribution is 2.29. The van der Waals surface area contributed by atoms with E-state index in [0.717, 1.165) is 42.3 Å². The number of carbonyl (C=O) groups is 1. The third-order valence-corrected chi connectivity index (χ3v) is 6.30. The minimum Gasteiger partial charge on any atom is -0.338 e. The summed E-state index contributed by atoms with van der Waals surface area (Å²) < 4.78 is 7.35. The maximum Gasteiger partial charge on any atom is 0.279 e. The predicted molar refractivity (Wildman–Crippen MR) is 123 cm³/mol. The van der Waals surface area contributed by atoms with E-state index in [2.05, 4.69) is 17.1 Å². The lowest BCUT2D eigenvalue weighted by molar-refractivity contribution is -0.135. The molecule has 1 amide bonds. The Hall–Kier alpha value is -3.48. The fourth-order valence-electron chi connectivity index (χ4n) is 4.52. The molecule has 2 aromatic heterocycles. The van der Waals surface area contributed by atoms with Gasteiger partial charge in [0.05, 0.1) is 5.52 Å². The summed E-state index contributed by atoms with van der Waals surface area (Å²) in [6, 6.07) is 16.2. The van der Waals surface area contributed by atoms with E-state index < -0.39 is 0 Å². The summed E-state index contributed by atoms with van der Waals surface area (Å²) in [5.74, 6) is 0.989. The number of fused-ring (bicyclic) bond motifs is 1. The smallest absolute Gasteiger partial charge is 0.279 e. The third-order valence-electron chi connectivity index (χ3n) is 6.30. The second-order valence-corrected chi connectivity index (χ2v) is 8.46. The average Bonchev–Trinajstić information content (AvgIpc) is 3.45. The number of rotatable bonds is 5. The van der Waals surface area contributed by atoms with Crippen molar-refractivity contribution in [3.05, 3.63) is 54.1 Å². The van der Waals surface area contributed by atoms with Crippen molar-refractivity contribution in [3.63, 3.8) is 0 Å². The molecule has 0 N–H and O–H groups in total. The van der Waals surface area contributed by atoms with Gasteiger partial charge in [-0.15, -0.1) is 0 Å². The molecule has 1 saturated heterocycles. The van der Waals surface area contributed by atoms with Crippen LogP contribution in [0.25, 0.3) is 33.9 Å². The van der Waals surface area contributed by atoms with E-state index in [4.69, 9.17) is 9.62 Å². The van der Waals surface area contributed by atoms with Crippen molar-refractivity contribution in [2.45, 2.75) is 52.1 Å². The second kappa shape index (κ2) is 8.57. The normalized spacial score (nSPS) is 16.6. The number of amides is 1. The van der Waals surface area contributed by atoms with E-state index in [0.29, 0.717) is 23.5 Å². The van der Waals surface area contributed by atoms with Crippen LogP contribution in [0.3, 0.4) is 0 Å². The van der Waals surface area contributed by atoms with Crippen LogP contribution in [0.15, 0.2) is 53.1 Å². The molecule has 0 unspecified atom stereocenters. The Labute approximate surface area is 187 Å². The second-order valence-electron chi connectivity index (χ2n) is 8.46. The average molecular weight is 430 g/mol. The van der Waals surface area contributed by atoms with Gasteiger partial charge < -0.3 is 9.42 Å². The van der Waals surface area contributed by atoms with Crippen LogP contribution in [0.4, 0.5) is 0 Å². The minimum absolute atomic E-state index is 0.113. The van der Waals surface area contributed by atoms with Gasteiger partial charge in [0.1, 0.15) is 6.54 Å². The maximum absolute atomic E-state index is 13.2. The first-order valence-corrected chi connectivity index (χ1v) is 11.3. The van der Waals surface area contributed by atoms with Gasteiger partial charge in [-0.05, 0) is 38.7 Å². The van der Waals surface area contributed by atoms with Gasteiger partial charge in [-0.1, -0.05) is 60.1 Å². The molecule has 1 fully saturated rings. The molecular weight excluding hydrogens is 402 g/mol. The summed E-state index contributed by atoms with van der Waals surface area (Å²) in [6.07, 6.45) is 4.33. The zero-order valence-corrected chi connectivity index (χ0v) is 18.5. The summed E-state index contributed by atoms with van der Waals surface area (Å²) in [5, 5.41) is 9.79. The van der Waals surface area contributed by atoms with Crippen molar-refractivity contribution >= 4 is 16.8 Å². The summed E-state index contributed by atoms with van der Waals surface area (Å²) in [6.45, 7) is 5.22. The summed E-state index contributed by atoms with van der Waals surface area (Å²) in [7, 11) is 0. The van der Waals surface area contributed by atoms with E-state index in [-0.39, 0.29) is 12.5 Å². The molecule has 3 heterocycles. The van der Waals surface area contributed by atoms with E-state index in [1.165, 1.54) is 12.0 Å². The molecule has 0 bridgehead atoms. The van der Waals surface area contributed by atoms with Crippen LogP contribution in [-0.4, -0.2) is 43.3 Å². The number of aromatic nitrogens is 4. The predicted octanol–water partition coefficient (Wildman–Crippen LogP) is 4.85. The van der Waals surface area contributed by atoms with Crippen LogP contribution in [-0.2, 0) is 11.3 Å². The molecule has 1 atom stereocenters. The maximum atomic E-state index is 13.2. The quantitative estimate of drug-likeness (QED) is 0.453. The van der Waals surface area contributed by atoms with Crippen LogP contribution in [0.2, 0.25) is 0 Å².